The van der Waals surface area contributed by atoms with Crippen LogP contribution < -0.4 is 0 Å². The highest BCUT2D eigenvalue weighted by Gasteiger charge is 2.17. The second-order valence-corrected chi connectivity index (χ2v) is 3.50. The highest BCUT2D eigenvalue weighted by Crippen LogP contribution is 2.12. The predicted octanol–water partition coefficient (Wildman–Crippen LogP) is 2.02. The van der Waals surface area contributed by atoms with Crippen LogP contribution in [0.4, 0.5) is 0 Å². The van der Waals surface area contributed by atoms with E-state index in [4.69, 9.17) is 9.47 Å². The number of hydrogen-bond acceptors (Lipinski definition) is 3. The number of ketones is 1. The van der Waals surface area contributed by atoms with Crippen LogP contribution in [0, 0.1) is 0 Å². The summed E-state index contributed by atoms with van der Waals surface area (Å²) in [6.07, 6.45) is 0.945. The smallest absolute Gasteiger partial charge is 0.163 e. The van der Waals surface area contributed by atoms with Crippen molar-refractivity contribution < 1.29 is 14.3 Å². The maximum absolute atomic E-state index is 11.7. The SMILES string of the molecule is O=C(CCC1OCCO1)c1ccccc1. The lowest BCUT2D eigenvalue weighted by molar-refractivity contribution is -0.0464. The Labute approximate surface area is 89.0 Å². The molecule has 15 heavy (non-hydrogen) atoms. The van der Waals surface area contributed by atoms with Crippen molar-refractivity contribution in [3.63, 3.8) is 0 Å². The van der Waals surface area contributed by atoms with E-state index in [-0.39, 0.29) is 12.1 Å². The lowest BCUT2D eigenvalue weighted by Crippen LogP contribution is -2.10. The van der Waals surface area contributed by atoms with Crippen LogP contribution in [0.5, 0.6) is 0 Å². The first-order chi connectivity index (χ1) is 7.36. The van der Waals surface area contributed by atoms with Crippen LogP contribution in [-0.4, -0.2) is 25.3 Å². The van der Waals surface area contributed by atoms with E-state index in [0.717, 1.165) is 5.56 Å². The molecule has 0 amide bonds. The molecule has 3 heteroatoms. The van der Waals surface area contributed by atoms with Gasteiger partial charge in [0.25, 0.3) is 0 Å². The van der Waals surface area contributed by atoms with Crippen LogP contribution in [-0.2, 0) is 9.47 Å². The van der Waals surface area contributed by atoms with E-state index in [1.165, 1.54) is 0 Å². The third kappa shape index (κ3) is 2.88. The van der Waals surface area contributed by atoms with Gasteiger partial charge in [-0.2, -0.15) is 0 Å². The highest BCUT2D eigenvalue weighted by atomic mass is 16.7. The molecule has 1 aliphatic heterocycles. The fourth-order valence-electron chi connectivity index (χ4n) is 1.59. The summed E-state index contributed by atoms with van der Waals surface area (Å²) in [5, 5.41) is 0. The monoisotopic (exact) mass is 206 g/mol. The number of carbonyl (C=O) groups is 1. The normalized spacial score (nSPS) is 16.8. The van der Waals surface area contributed by atoms with Gasteiger partial charge >= 0.3 is 0 Å². The van der Waals surface area contributed by atoms with E-state index in [2.05, 4.69) is 0 Å². The van der Waals surface area contributed by atoms with Gasteiger partial charge < -0.3 is 9.47 Å². The van der Waals surface area contributed by atoms with Crippen LogP contribution in [0.1, 0.15) is 23.2 Å². The molecule has 0 atom stereocenters. The van der Waals surface area contributed by atoms with Gasteiger partial charge in [0.2, 0.25) is 0 Å². The van der Waals surface area contributed by atoms with Gasteiger partial charge in [0.05, 0.1) is 13.2 Å². The van der Waals surface area contributed by atoms with Crippen molar-refractivity contribution in [1.82, 2.24) is 0 Å². The van der Waals surface area contributed by atoms with E-state index in [1.54, 1.807) is 0 Å². The fourth-order valence-corrected chi connectivity index (χ4v) is 1.59. The largest absolute Gasteiger partial charge is 0.350 e. The van der Waals surface area contributed by atoms with Gasteiger partial charge in [-0.15, -0.1) is 0 Å². The van der Waals surface area contributed by atoms with E-state index in [1.807, 2.05) is 30.3 Å². The molecule has 1 saturated heterocycles. The molecular weight excluding hydrogens is 192 g/mol. The second kappa shape index (κ2) is 5.05. The Bertz CT molecular complexity index is 315. The number of carbonyl (C=O) groups excluding carboxylic acids is 1. The Morgan fingerprint density at radius 2 is 1.87 bits per heavy atom. The molecule has 0 unspecified atom stereocenters. The molecule has 0 bridgehead atoms. The van der Waals surface area contributed by atoms with E-state index in [0.29, 0.717) is 26.1 Å². The summed E-state index contributed by atoms with van der Waals surface area (Å²) in [6.45, 7) is 1.29. The quantitative estimate of drug-likeness (QED) is 0.707. The Morgan fingerprint density at radius 1 is 1.20 bits per heavy atom. The first-order valence-corrected chi connectivity index (χ1v) is 5.18. The molecule has 0 spiro atoms. The zero-order chi connectivity index (χ0) is 10.5. The van der Waals surface area contributed by atoms with Crippen LogP contribution in [0.25, 0.3) is 0 Å². The third-order valence-electron chi connectivity index (χ3n) is 2.39. The summed E-state index contributed by atoms with van der Waals surface area (Å²) in [5.74, 6) is 0.148. The summed E-state index contributed by atoms with van der Waals surface area (Å²) in [6, 6.07) is 9.31. The van der Waals surface area contributed by atoms with Gasteiger partial charge in [0, 0.05) is 18.4 Å². The molecule has 3 nitrogen and oxygen atoms in total. The lowest BCUT2D eigenvalue weighted by atomic mass is 10.1. The molecule has 0 radical (unpaired) electrons. The van der Waals surface area contributed by atoms with Crippen molar-refractivity contribution in [2.75, 3.05) is 13.2 Å². The molecule has 0 N–H and O–H groups in total. The summed E-state index contributed by atoms with van der Waals surface area (Å²) >= 11 is 0. The standard InChI is InChI=1S/C12H14O3/c13-11(10-4-2-1-3-5-10)6-7-12-14-8-9-15-12/h1-5,12H,6-9H2. The molecule has 2 rings (SSSR count). The van der Waals surface area contributed by atoms with E-state index < -0.39 is 0 Å². The molecule has 1 aromatic carbocycles. The minimum Gasteiger partial charge on any atom is -0.350 e. The van der Waals surface area contributed by atoms with Crippen molar-refractivity contribution in [1.29, 1.82) is 0 Å². The summed E-state index contributed by atoms with van der Waals surface area (Å²) < 4.78 is 10.5. The minimum atomic E-state index is -0.183. The number of benzene rings is 1. The summed E-state index contributed by atoms with van der Waals surface area (Å²) in [7, 11) is 0. The molecule has 1 aromatic rings. The van der Waals surface area contributed by atoms with Crippen molar-refractivity contribution in [3.8, 4) is 0 Å². The first-order valence-electron chi connectivity index (χ1n) is 5.18. The molecule has 1 fully saturated rings. The third-order valence-corrected chi connectivity index (χ3v) is 2.39. The Morgan fingerprint density at radius 3 is 2.53 bits per heavy atom. The number of ether oxygens (including phenoxy) is 2. The molecule has 0 aromatic heterocycles. The molecular formula is C12H14O3. The van der Waals surface area contributed by atoms with Crippen molar-refractivity contribution >= 4 is 5.78 Å². The number of rotatable bonds is 4. The predicted molar refractivity (Wildman–Crippen MR) is 55.7 cm³/mol. The van der Waals surface area contributed by atoms with Crippen LogP contribution in [0.3, 0.4) is 0 Å². The average molecular weight is 206 g/mol. The molecule has 1 aliphatic rings. The van der Waals surface area contributed by atoms with Gasteiger partial charge in [-0.1, -0.05) is 30.3 Å². The Balaban J connectivity index is 1.82. The Hall–Kier alpha value is -1.19. The number of Topliss-reactive ketones (excluding diaryl/α,β-unsaturated/α-hetero) is 1. The lowest BCUT2D eigenvalue weighted by Gasteiger charge is -2.07. The van der Waals surface area contributed by atoms with Gasteiger partial charge in [-0.05, 0) is 0 Å². The van der Waals surface area contributed by atoms with Gasteiger partial charge in [0.1, 0.15) is 0 Å². The van der Waals surface area contributed by atoms with Gasteiger partial charge in [0.15, 0.2) is 12.1 Å². The number of hydrogen-bond donors (Lipinski definition) is 0. The molecule has 0 saturated carbocycles. The van der Waals surface area contributed by atoms with Crippen LogP contribution in [0.15, 0.2) is 30.3 Å². The first kappa shape index (κ1) is 10.3. The van der Waals surface area contributed by atoms with E-state index in [9.17, 15) is 4.79 Å². The maximum Gasteiger partial charge on any atom is 0.163 e. The maximum atomic E-state index is 11.7. The van der Waals surface area contributed by atoms with Crippen molar-refractivity contribution in [2.45, 2.75) is 19.1 Å². The molecule has 1 heterocycles. The van der Waals surface area contributed by atoms with Crippen molar-refractivity contribution in [2.24, 2.45) is 0 Å². The molecule has 80 valence electrons. The van der Waals surface area contributed by atoms with Gasteiger partial charge in [-0.3, -0.25) is 4.79 Å². The Kier molecular flexibility index (Phi) is 3.48. The fraction of sp³-hybridized carbons (Fsp3) is 0.417. The summed E-state index contributed by atoms with van der Waals surface area (Å²) in [5.41, 5.74) is 0.760. The summed E-state index contributed by atoms with van der Waals surface area (Å²) in [4.78, 5) is 11.7. The highest BCUT2D eigenvalue weighted by molar-refractivity contribution is 5.95. The molecule has 0 aliphatic carbocycles. The topological polar surface area (TPSA) is 35.5 Å². The van der Waals surface area contributed by atoms with E-state index >= 15 is 0 Å². The van der Waals surface area contributed by atoms with Crippen LogP contribution >= 0.6 is 0 Å². The average Bonchev–Trinajstić information content (AvgIpc) is 2.80. The zero-order valence-corrected chi connectivity index (χ0v) is 8.52. The second-order valence-electron chi connectivity index (χ2n) is 3.50. The van der Waals surface area contributed by atoms with Crippen LogP contribution in [0.2, 0.25) is 0 Å². The van der Waals surface area contributed by atoms with Gasteiger partial charge in [-0.25, -0.2) is 0 Å². The van der Waals surface area contributed by atoms with Crippen molar-refractivity contribution in [3.05, 3.63) is 35.9 Å². The minimum absolute atomic E-state index is 0.148. The zero-order valence-electron chi connectivity index (χ0n) is 8.52.